The zero-order chi connectivity index (χ0) is 16.7. The van der Waals surface area contributed by atoms with Gasteiger partial charge in [-0.3, -0.25) is 0 Å². The van der Waals surface area contributed by atoms with E-state index in [1.807, 2.05) is 23.9 Å². The summed E-state index contributed by atoms with van der Waals surface area (Å²) in [6, 6.07) is 13.2. The van der Waals surface area contributed by atoms with Crippen LogP contribution in [0.1, 0.15) is 17.2 Å². The molecule has 2 nitrogen and oxygen atoms in total. The van der Waals surface area contributed by atoms with Crippen LogP contribution in [0.3, 0.4) is 0 Å². The van der Waals surface area contributed by atoms with E-state index in [9.17, 15) is 0 Å². The predicted octanol–water partition coefficient (Wildman–Crippen LogP) is 2.16. The van der Waals surface area contributed by atoms with Gasteiger partial charge in [0.25, 0.3) is 0 Å². The van der Waals surface area contributed by atoms with Crippen molar-refractivity contribution in [3.05, 3.63) is 57.6 Å². The fourth-order valence-corrected chi connectivity index (χ4v) is 5.44. The maximum absolute atomic E-state index is 6.29. The number of benzene rings is 2. The Kier molecular flexibility index (Phi) is 4.81. The molecular formula is C19H22Cl2N2S+2. The van der Waals surface area contributed by atoms with Crippen molar-refractivity contribution in [3.8, 4) is 0 Å². The number of nitrogens with one attached hydrogen (secondary N) is 2. The molecule has 2 aromatic carbocycles. The van der Waals surface area contributed by atoms with Crippen molar-refractivity contribution >= 4 is 35.0 Å². The van der Waals surface area contributed by atoms with Gasteiger partial charge in [0.05, 0.1) is 7.05 Å². The van der Waals surface area contributed by atoms with E-state index in [0.29, 0.717) is 6.04 Å². The number of likely N-dealkylation sites (N-methyl/N-ethyl adjacent to an activating group) is 1. The molecule has 5 heteroatoms. The van der Waals surface area contributed by atoms with Gasteiger partial charge < -0.3 is 9.80 Å². The summed E-state index contributed by atoms with van der Waals surface area (Å²) in [5.41, 5.74) is 2.80. The monoisotopic (exact) mass is 380 g/mol. The highest BCUT2D eigenvalue weighted by molar-refractivity contribution is 7.99. The maximum atomic E-state index is 6.29. The zero-order valence-corrected chi connectivity index (χ0v) is 16.1. The Morgan fingerprint density at radius 1 is 0.917 bits per heavy atom. The Bertz CT molecular complexity index is 757. The van der Waals surface area contributed by atoms with E-state index in [0.717, 1.165) is 16.5 Å². The van der Waals surface area contributed by atoms with E-state index in [1.165, 1.54) is 47.1 Å². The lowest BCUT2D eigenvalue weighted by molar-refractivity contribution is -1.02. The first-order valence-corrected chi connectivity index (χ1v) is 10.1. The second-order valence-electron chi connectivity index (χ2n) is 6.91. The van der Waals surface area contributed by atoms with Gasteiger partial charge in [0, 0.05) is 31.8 Å². The third kappa shape index (κ3) is 3.33. The Morgan fingerprint density at radius 2 is 1.62 bits per heavy atom. The van der Waals surface area contributed by atoms with E-state index in [1.54, 1.807) is 9.80 Å². The van der Waals surface area contributed by atoms with Crippen LogP contribution in [-0.2, 0) is 6.42 Å². The normalized spacial score (nSPS) is 26.4. The molecule has 1 fully saturated rings. The molecule has 1 saturated heterocycles. The van der Waals surface area contributed by atoms with Crippen LogP contribution >= 0.6 is 35.0 Å². The van der Waals surface area contributed by atoms with Gasteiger partial charge in [-0.2, -0.15) is 0 Å². The van der Waals surface area contributed by atoms with Gasteiger partial charge in [-0.05, 0) is 35.9 Å². The van der Waals surface area contributed by atoms with Gasteiger partial charge in [-0.25, -0.2) is 0 Å². The number of piperazine rings is 1. The molecule has 126 valence electrons. The quantitative estimate of drug-likeness (QED) is 0.770. The summed E-state index contributed by atoms with van der Waals surface area (Å²) in [6.45, 7) is 4.92. The van der Waals surface area contributed by atoms with E-state index >= 15 is 0 Å². The zero-order valence-electron chi connectivity index (χ0n) is 13.7. The molecule has 0 bridgehead atoms. The van der Waals surface area contributed by atoms with Gasteiger partial charge in [0.2, 0.25) is 0 Å². The summed E-state index contributed by atoms with van der Waals surface area (Å²) in [4.78, 5) is 5.94. The minimum Gasteiger partial charge on any atom is -0.328 e. The first-order chi connectivity index (χ1) is 11.6. The number of rotatable bonds is 1. The summed E-state index contributed by atoms with van der Waals surface area (Å²) >= 11 is 14.4. The average molecular weight is 381 g/mol. The molecule has 2 N–H and O–H groups in total. The van der Waals surface area contributed by atoms with Crippen LogP contribution in [0.5, 0.6) is 0 Å². The lowest BCUT2D eigenvalue weighted by Crippen LogP contribution is -3.27. The Labute approximate surface area is 157 Å². The molecule has 0 spiro atoms. The van der Waals surface area contributed by atoms with E-state index < -0.39 is 0 Å². The van der Waals surface area contributed by atoms with Crippen molar-refractivity contribution in [2.24, 2.45) is 0 Å². The van der Waals surface area contributed by atoms with Crippen LogP contribution in [0, 0.1) is 0 Å². The van der Waals surface area contributed by atoms with Gasteiger partial charge in [-0.15, -0.1) is 0 Å². The number of halogens is 2. The van der Waals surface area contributed by atoms with Crippen LogP contribution in [0.25, 0.3) is 0 Å². The molecule has 2 aliphatic heterocycles. The van der Waals surface area contributed by atoms with Crippen molar-refractivity contribution < 1.29 is 9.80 Å². The van der Waals surface area contributed by atoms with Crippen molar-refractivity contribution in [2.45, 2.75) is 22.3 Å². The molecule has 0 unspecified atom stereocenters. The maximum Gasteiger partial charge on any atom is 0.127 e. The van der Waals surface area contributed by atoms with Gasteiger partial charge in [-0.1, -0.05) is 41.0 Å². The molecule has 24 heavy (non-hydrogen) atoms. The minimum atomic E-state index is 0.484. The number of quaternary nitrogens is 2. The van der Waals surface area contributed by atoms with Crippen LogP contribution < -0.4 is 9.80 Å². The molecule has 0 amide bonds. The fraction of sp³-hybridized carbons (Fsp3) is 0.368. The standard InChI is InChI=1S/C19H20Cl2N2S/c1-22-6-8-23(9-7-22)17-11-13-10-14(20)3-5-18(13)24-19-12-15(21)2-4-16(17)19/h2-5,10,12,17H,6-9,11H2,1H3/p+2/t17-/m0/s1. The lowest BCUT2D eigenvalue weighted by atomic mass is 9.96. The van der Waals surface area contributed by atoms with Crippen molar-refractivity contribution in [1.82, 2.24) is 0 Å². The minimum absolute atomic E-state index is 0.484. The molecule has 0 aromatic heterocycles. The van der Waals surface area contributed by atoms with E-state index in [4.69, 9.17) is 23.2 Å². The van der Waals surface area contributed by atoms with Gasteiger partial charge in [0.15, 0.2) is 0 Å². The van der Waals surface area contributed by atoms with Crippen molar-refractivity contribution in [2.75, 3.05) is 33.2 Å². The van der Waals surface area contributed by atoms with E-state index in [2.05, 4.69) is 31.3 Å². The second-order valence-corrected chi connectivity index (χ2v) is 8.86. The largest absolute Gasteiger partial charge is 0.328 e. The summed E-state index contributed by atoms with van der Waals surface area (Å²) in [7, 11) is 2.29. The SMILES string of the molecule is C[NH+]1CC[NH+]([C@H]2Cc3cc(Cl)ccc3Sc3cc(Cl)ccc32)CC1. The molecule has 0 saturated carbocycles. The number of hydrogen-bond donors (Lipinski definition) is 2. The van der Waals surface area contributed by atoms with Crippen LogP contribution in [0.15, 0.2) is 46.2 Å². The summed E-state index contributed by atoms with van der Waals surface area (Å²) in [5, 5.41) is 1.64. The molecule has 2 aliphatic rings. The first-order valence-electron chi connectivity index (χ1n) is 8.52. The fourth-order valence-electron chi connectivity index (χ4n) is 3.85. The highest BCUT2D eigenvalue weighted by Crippen LogP contribution is 2.41. The molecule has 1 atom stereocenters. The first kappa shape index (κ1) is 16.7. The third-order valence-electron chi connectivity index (χ3n) is 5.26. The van der Waals surface area contributed by atoms with Crippen molar-refractivity contribution in [1.29, 1.82) is 0 Å². The topological polar surface area (TPSA) is 8.88 Å². The number of fused-ring (bicyclic) bond motifs is 2. The molecule has 2 heterocycles. The van der Waals surface area contributed by atoms with Crippen LogP contribution in [-0.4, -0.2) is 33.2 Å². The predicted molar refractivity (Wildman–Crippen MR) is 101 cm³/mol. The third-order valence-corrected chi connectivity index (χ3v) is 6.92. The second kappa shape index (κ2) is 6.89. The summed E-state index contributed by atoms with van der Waals surface area (Å²) in [5.74, 6) is 0. The van der Waals surface area contributed by atoms with Crippen LogP contribution in [0.2, 0.25) is 10.0 Å². The van der Waals surface area contributed by atoms with Crippen LogP contribution in [0.4, 0.5) is 0 Å². The van der Waals surface area contributed by atoms with Gasteiger partial charge in [0.1, 0.15) is 32.2 Å². The van der Waals surface area contributed by atoms with Gasteiger partial charge >= 0.3 is 0 Å². The summed E-state index contributed by atoms with van der Waals surface area (Å²) in [6.07, 6.45) is 1.05. The number of hydrogen-bond acceptors (Lipinski definition) is 1. The molecule has 0 radical (unpaired) electrons. The molecule has 0 aliphatic carbocycles. The Hall–Kier alpha value is -0.710. The highest BCUT2D eigenvalue weighted by atomic mass is 35.5. The highest BCUT2D eigenvalue weighted by Gasteiger charge is 2.33. The summed E-state index contributed by atoms with van der Waals surface area (Å²) < 4.78 is 0. The average Bonchev–Trinajstić information content (AvgIpc) is 2.71. The molecular weight excluding hydrogens is 359 g/mol. The smallest absolute Gasteiger partial charge is 0.127 e. The molecule has 4 rings (SSSR count). The Morgan fingerprint density at radius 3 is 2.42 bits per heavy atom. The van der Waals surface area contributed by atoms with Crippen molar-refractivity contribution in [3.63, 3.8) is 0 Å². The van der Waals surface area contributed by atoms with E-state index in [-0.39, 0.29) is 0 Å². The Balaban J connectivity index is 1.77. The lowest BCUT2D eigenvalue weighted by Gasteiger charge is -2.33. The molecule has 2 aromatic rings.